The summed E-state index contributed by atoms with van der Waals surface area (Å²) >= 11 is 0. The van der Waals surface area contributed by atoms with Crippen molar-refractivity contribution in [3.05, 3.63) is 53.7 Å². The predicted octanol–water partition coefficient (Wildman–Crippen LogP) is 3.68. The molecular weight excluding hydrogens is 236 g/mol. The van der Waals surface area contributed by atoms with Gasteiger partial charge in [-0.05, 0) is 38.1 Å². The zero-order valence-corrected chi connectivity index (χ0v) is 11.5. The Morgan fingerprint density at radius 1 is 1.11 bits per heavy atom. The third-order valence-corrected chi connectivity index (χ3v) is 2.76. The molecule has 0 bridgehead atoms. The van der Waals surface area contributed by atoms with E-state index in [1.54, 1.807) is 0 Å². The van der Waals surface area contributed by atoms with Crippen LogP contribution in [0.5, 0.6) is 11.6 Å². The molecule has 0 radical (unpaired) electrons. The molecule has 0 unspecified atom stereocenters. The van der Waals surface area contributed by atoms with E-state index in [1.807, 2.05) is 42.5 Å². The minimum atomic E-state index is 0.639. The molecule has 100 valence electrons. The lowest BCUT2D eigenvalue weighted by atomic mass is 10.2. The fourth-order valence-electron chi connectivity index (χ4n) is 1.73. The summed E-state index contributed by atoms with van der Waals surface area (Å²) in [5.74, 6) is 1.46. The van der Waals surface area contributed by atoms with Crippen LogP contribution < -0.4 is 10.1 Å². The maximum atomic E-state index is 5.74. The topological polar surface area (TPSA) is 34.1 Å². The highest BCUT2D eigenvalue weighted by molar-refractivity contribution is 5.30. The Kier molecular flexibility index (Phi) is 4.93. The molecular formula is C16H20N2O. The average molecular weight is 256 g/mol. The molecule has 0 fully saturated rings. The van der Waals surface area contributed by atoms with Gasteiger partial charge in [0.2, 0.25) is 5.88 Å². The summed E-state index contributed by atoms with van der Waals surface area (Å²) in [4.78, 5) is 4.48. The molecule has 0 spiro atoms. The highest BCUT2D eigenvalue weighted by Gasteiger charge is 2.00. The van der Waals surface area contributed by atoms with Crippen LogP contribution in [0.4, 0.5) is 0 Å². The Bertz CT molecular complexity index is 508. The minimum absolute atomic E-state index is 0.639. The fourth-order valence-corrected chi connectivity index (χ4v) is 1.73. The minimum Gasteiger partial charge on any atom is -0.439 e. The Morgan fingerprint density at radius 2 is 1.89 bits per heavy atom. The summed E-state index contributed by atoms with van der Waals surface area (Å²) < 4.78 is 5.74. The lowest BCUT2D eigenvalue weighted by molar-refractivity contribution is 0.459. The maximum absolute atomic E-state index is 5.74. The predicted molar refractivity (Wildman–Crippen MR) is 77.5 cm³/mol. The van der Waals surface area contributed by atoms with Crippen molar-refractivity contribution >= 4 is 0 Å². The summed E-state index contributed by atoms with van der Waals surface area (Å²) in [6.45, 7) is 5.99. The normalized spacial score (nSPS) is 10.4. The van der Waals surface area contributed by atoms with Gasteiger partial charge in [-0.2, -0.15) is 0 Å². The number of aryl methyl sites for hydroxylation is 1. The second kappa shape index (κ2) is 6.90. The second-order valence-electron chi connectivity index (χ2n) is 4.56. The Balaban J connectivity index is 2.00. The first kappa shape index (κ1) is 13.6. The number of hydrogen-bond donors (Lipinski definition) is 1. The van der Waals surface area contributed by atoms with E-state index >= 15 is 0 Å². The molecule has 0 saturated carbocycles. The summed E-state index contributed by atoms with van der Waals surface area (Å²) in [5, 5.41) is 3.33. The van der Waals surface area contributed by atoms with Crippen LogP contribution in [0, 0.1) is 6.92 Å². The van der Waals surface area contributed by atoms with Crippen LogP contribution in [-0.2, 0) is 6.54 Å². The molecule has 3 nitrogen and oxygen atoms in total. The number of nitrogens with one attached hydrogen (secondary N) is 1. The van der Waals surface area contributed by atoms with E-state index in [9.17, 15) is 0 Å². The molecule has 0 aliphatic heterocycles. The number of benzene rings is 1. The Morgan fingerprint density at radius 3 is 2.63 bits per heavy atom. The number of pyridine rings is 1. The first-order chi connectivity index (χ1) is 9.28. The van der Waals surface area contributed by atoms with E-state index in [1.165, 1.54) is 5.56 Å². The van der Waals surface area contributed by atoms with Gasteiger partial charge in [-0.3, -0.25) is 0 Å². The van der Waals surface area contributed by atoms with Gasteiger partial charge in [0.1, 0.15) is 5.75 Å². The van der Waals surface area contributed by atoms with Crippen molar-refractivity contribution in [2.75, 3.05) is 6.54 Å². The van der Waals surface area contributed by atoms with Crippen molar-refractivity contribution in [2.45, 2.75) is 26.8 Å². The molecule has 1 N–H and O–H groups in total. The van der Waals surface area contributed by atoms with E-state index in [0.717, 1.165) is 31.0 Å². The average Bonchev–Trinajstić information content (AvgIpc) is 2.42. The third kappa shape index (κ3) is 4.38. The fraction of sp³-hybridized carbons (Fsp3) is 0.312. The molecule has 0 amide bonds. The molecule has 1 aromatic heterocycles. The van der Waals surface area contributed by atoms with Crippen LogP contribution >= 0.6 is 0 Å². The van der Waals surface area contributed by atoms with Crippen LogP contribution in [0.1, 0.15) is 24.6 Å². The van der Waals surface area contributed by atoms with Crippen molar-refractivity contribution in [1.29, 1.82) is 0 Å². The highest BCUT2D eigenvalue weighted by atomic mass is 16.5. The molecule has 1 heterocycles. The van der Waals surface area contributed by atoms with Gasteiger partial charge >= 0.3 is 0 Å². The Labute approximate surface area is 114 Å². The molecule has 1 aromatic carbocycles. The standard InChI is InChI=1S/C16H20N2O/c1-3-11-17-12-14-5-4-6-16(18-14)19-15-9-7-13(2)8-10-15/h4-10,17H,3,11-12H2,1-2H3. The largest absolute Gasteiger partial charge is 0.439 e. The van der Waals surface area contributed by atoms with Crippen molar-refractivity contribution in [2.24, 2.45) is 0 Å². The lowest BCUT2D eigenvalue weighted by Crippen LogP contribution is -2.14. The van der Waals surface area contributed by atoms with Gasteiger partial charge in [0.05, 0.1) is 5.69 Å². The van der Waals surface area contributed by atoms with Gasteiger partial charge in [-0.25, -0.2) is 4.98 Å². The first-order valence-electron chi connectivity index (χ1n) is 6.69. The molecule has 19 heavy (non-hydrogen) atoms. The summed E-state index contributed by atoms with van der Waals surface area (Å²) in [7, 11) is 0. The molecule has 0 aliphatic rings. The summed E-state index contributed by atoms with van der Waals surface area (Å²) in [6, 6.07) is 13.8. The van der Waals surface area contributed by atoms with Gasteiger partial charge in [-0.15, -0.1) is 0 Å². The quantitative estimate of drug-likeness (QED) is 0.800. The molecule has 2 aromatic rings. The number of hydrogen-bond acceptors (Lipinski definition) is 3. The first-order valence-corrected chi connectivity index (χ1v) is 6.69. The Hall–Kier alpha value is -1.87. The smallest absolute Gasteiger partial charge is 0.219 e. The van der Waals surface area contributed by atoms with E-state index in [4.69, 9.17) is 4.74 Å². The van der Waals surface area contributed by atoms with Crippen LogP contribution in [0.15, 0.2) is 42.5 Å². The van der Waals surface area contributed by atoms with Gasteiger partial charge in [0, 0.05) is 12.6 Å². The van der Waals surface area contributed by atoms with Gasteiger partial charge in [0.25, 0.3) is 0 Å². The lowest BCUT2D eigenvalue weighted by Gasteiger charge is -2.07. The van der Waals surface area contributed by atoms with Crippen LogP contribution in [0.25, 0.3) is 0 Å². The third-order valence-electron chi connectivity index (χ3n) is 2.76. The summed E-state index contributed by atoms with van der Waals surface area (Å²) in [6.07, 6.45) is 1.12. The maximum Gasteiger partial charge on any atom is 0.219 e. The van der Waals surface area contributed by atoms with E-state index in [0.29, 0.717) is 5.88 Å². The van der Waals surface area contributed by atoms with Crippen LogP contribution in [-0.4, -0.2) is 11.5 Å². The number of nitrogens with zero attached hydrogens (tertiary/aromatic N) is 1. The van der Waals surface area contributed by atoms with E-state index in [2.05, 4.69) is 24.1 Å². The van der Waals surface area contributed by atoms with Gasteiger partial charge in [-0.1, -0.05) is 30.7 Å². The van der Waals surface area contributed by atoms with Crippen LogP contribution in [0.3, 0.4) is 0 Å². The zero-order valence-electron chi connectivity index (χ0n) is 11.5. The molecule has 0 saturated heterocycles. The van der Waals surface area contributed by atoms with Crippen molar-refractivity contribution in [1.82, 2.24) is 10.3 Å². The van der Waals surface area contributed by atoms with Gasteiger partial charge < -0.3 is 10.1 Å². The highest BCUT2D eigenvalue weighted by Crippen LogP contribution is 2.19. The molecule has 0 atom stereocenters. The molecule has 2 rings (SSSR count). The number of aromatic nitrogens is 1. The monoisotopic (exact) mass is 256 g/mol. The molecule has 0 aliphatic carbocycles. The zero-order chi connectivity index (χ0) is 13.5. The number of ether oxygens (including phenoxy) is 1. The van der Waals surface area contributed by atoms with E-state index < -0.39 is 0 Å². The van der Waals surface area contributed by atoms with Crippen molar-refractivity contribution < 1.29 is 4.74 Å². The number of rotatable bonds is 6. The van der Waals surface area contributed by atoms with Crippen LogP contribution in [0.2, 0.25) is 0 Å². The van der Waals surface area contributed by atoms with Gasteiger partial charge in [0.15, 0.2) is 0 Å². The van der Waals surface area contributed by atoms with Crippen molar-refractivity contribution in [3.63, 3.8) is 0 Å². The van der Waals surface area contributed by atoms with E-state index in [-0.39, 0.29) is 0 Å². The molecule has 3 heteroatoms. The van der Waals surface area contributed by atoms with Crippen molar-refractivity contribution in [3.8, 4) is 11.6 Å². The SMILES string of the molecule is CCCNCc1cccc(Oc2ccc(C)cc2)n1. The summed E-state index contributed by atoms with van der Waals surface area (Å²) in [5.41, 5.74) is 2.22. The second-order valence-corrected chi connectivity index (χ2v) is 4.56.